The molecule has 1 saturated carbocycles. The Kier molecular flexibility index (Phi) is 8.64. The number of piperidine rings is 1. The summed E-state index contributed by atoms with van der Waals surface area (Å²) < 4.78 is 0. The highest BCUT2D eigenvalue weighted by atomic mass is 16.4. The quantitative estimate of drug-likeness (QED) is 0.657. The molecule has 0 amide bonds. The molecule has 1 saturated heterocycles. The second kappa shape index (κ2) is 11.0. The molecule has 2 fully saturated rings. The van der Waals surface area contributed by atoms with Crippen molar-refractivity contribution in [3.8, 4) is 0 Å². The van der Waals surface area contributed by atoms with E-state index in [-0.39, 0.29) is 18.8 Å². The van der Waals surface area contributed by atoms with Gasteiger partial charge in [-0.15, -0.1) is 0 Å². The molecule has 2 N–H and O–H groups in total. The van der Waals surface area contributed by atoms with Crippen molar-refractivity contribution in [2.24, 2.45) is 5.92 Å². The molecule has 3 rings (SSSR count). The maximum atomic E-state index is 12.5. The normalized spacial score (nSPS) is 17.9. The van der Waals surface area contributed by atoms with Crippen molar-refractivity contribution in [3.05, 3.63) is 35.4 Å². The molecule has 6 heteroatoms. The van der Waals surface area contributed by atoms with Gasteiger partial charge < -0.3 is 15.1 Å². The van der Waals surface area contributed by atoms with E-state index >= 15 is 0 Å². The number of carbonyl (C=O) groups excluding carboxylic acids is 1. The van der Waals surface area contributed by atoms with Gasteiger partial charge in [0, 0.05) is 18.0 Å². The molecule has 0 radical (unpaired) electrons. The summed E-state index contributed by atoms with van der Waals surface area (Å²) in [4.78, 5) is 34.2. The van der Waals surface area contributed by atoms with Crippen molar-refractivity contribution in [3.63, 3.8) is 0 Å². The van der Waals surface area contributed by atoms with Crippen molar-refractivity contribution in [1.82, 2.24) is 4.90 Å². The lowest BCUT2D eigenvalue weighted by atomic mass is 9.96. The molecule has 1 aliphatic carbocycles. The van der Waals surface area contributed by atoms with Crippen molar-refractivity contribution in [2.75, 3.05) is 19.6 Å². The van der Waals surface area contributed by atoms with Gasteiger partial charge in [-0.2, -0.15) is 0 Å². The molecule has 1 heterocycles. The standard InChI is InChI=1S/C18H25NO.C4H6O4/c1-14(13-19-11-3-2-4-12-19)18(20)17-9-7-16(8-10-17)15-5-6-15;5-3(6)1-2-4(7)8/h7-10,14-15H,2-6,11-13H2,1H3;1-2H2,(H,5,6)(H,7,8). The van der Waals surface area contributed by atoms with E-state index in [2.05, 4.69) is 24.0 Å². The maximum Gasteiger partial charge on any atom is 0.303 e. The average molecular weight is 389 g/mol. The van der Waals surface area contributed by atoms with E-state index in [4.69, 9.17) is 10.2 Å². The summed E-state index contributed by atoms with van der Waals surface area (Å²) in [7, 11) is 0. The zero-order valence-corrected chi connectivity index (χ0v) is 16.6. The van der Waals surface area contributed by atoms with Gasteiger partial charge in [0.2, 0.25) is 0 Å². The van der Waals surface area contributed by atoms with Gasteiger partial charge in [-0.05, 0) is 50.3 Å². The minimum atomic E-state index is -1.08. The predicted molar refractivity (Wildman–Crippen MR) is 107 cm³/mol. The van der Waals surface area contributed by atoms with E-state index in [1.165, 1.54) is 37.7 Å². The Labute approximate surface area is 166 Å². The number of carbonyl (C=O) groups is 3. The molecule has 0 bridgehead atoms. The number of carboxylic acid groups (broad SMARTS) is 2. The summed E-state index contributed by atoms with van der Waals surface area (Å²) in [5.74, 6) is -0.970. The van der Waals surface area contributed by atoms with Gasteiger partial charge in [0.05, 0.1) is 12.8 Å². The van der Waals surface area contributed by atoms with Crippen LogP contribution in [0, 0.1) is 5.92 Å². The first-order chi connectivity index (χ1) is 13.4. The zero-order chi connectivity index (χ0) is 20.5. The molecule has 1 aromatic rings. The minimum Gasteiger partial charge on any atom is -0.481 e. The summed E-state index contributed by atoms with van der Waals surface area (Å²) in [5.41, 5.74) is 2.30. The first-order valence-electron chi connectivity index (χ1n) is 10.2. The van der Waals surface area contributed by atoms with Crippen molar-refractivity contribution < 1.29 is 24.6 Å². The number of rotatable bonds is 8. The van der Waals surface area contributed by atoms with Crippen molar-refractivity contribution >= 4 is 17.7 Å². The summed E-state index contributed by atoms with van der Waals surface area (Å²) in [6, 6.07) is 8.36. The van der Waals surface area contributed by atoms with E-state index in [1.54, 1.807) is 0 Å². The van der Waals surface area contributed by atoms with Crippen molar-refractivity contribution in [2.45, 2.75) is 57.8 Å². The van der Waals surface area contributed by atoms with Crippen LogP contribution in [0.15, 0.2) is 24.3 Å². The Hall–Kier alpha value is -2.21. The second-order valence-electron chi connectivity index (χ2n) is 7.81. The first-order valence-corrected chi connectivity index (χ1v) is 10.2. The Morgan fingerprint density at radius 3 is 1.96 bits per heavy atom. The third-order valence-electron chi connectivity index (χ3n) is 5.23. The summed E-state index contributed by atoms with van der Waals surface area (Å²) in [6.07, 6.45) is 5.97. The number of ketones is 1. The van der Waals surface area contributed by atoms with Crippen LogP contribution >= 0.6 is 0 Å². The van der Waals surface area contributed by atoms with Crippen LogP contribution in [-0.4, -0.2) is 52.5 Å². The molecule has 0 spiro atoms. The van der Waals surface area contributed by atoms with E-state index in [0.29, 0.717) is 5.78 Å². The van der Waals surface area contributed by atoms with Gasteiger partial charge in [-0.1, -0.05) is 37.6 Å². The molecule has 1 atom stereocenters. The SMILES string of the molecule is CC(CN1CCCCC1)C(=O)c1ccc(C2CC2)cc1.O=C(O)CCC(=O)O. The molecule has 1 aliphatic heterocycles. The number of likely N-dealkylation sites (tertiary alicyclic amines) is 1. The second-order valence-corrected chi connectivity index (χ2v) is 7.81. The number of benzene rings is 1. The van der Waals surface area contributed by atoms with Gasteiger partial charge in [-0.25, -0.2) is 0 Å². The fourth-order valence-electron chi connectivity index (χ4n) is 3.45. The molecular formula is C22H31NO5. The lowest BCUT2D eigenvalue weighted by Crippen LogP contribution is -2.35. The Morgan fingerprint density at radius 2 is 1.50 bits per heavy atom. The van der Waals surface area contributed by atoms with E-state index in [1.807, 2.05) is 12.1 Å². The number of hydrogen-bond donors (Lipinski definition) is 2. The maximum absolute atomic E-state index is 12.5. The highest BCUT2D eigenvalue weighted by Gasteiger charge is 2.24. The molecule has 28 heavy (non-hydrogen) atoms. The molecule has 2 aliphatic rings. The first kappa shape index (κ1) is 22.1. The van der Waals surface area contributed by atoms with Gasteiger partial charge in [0.1, 0.15) is 0 Å². The Morgan fingerprint density at radius 1 is 0.964 bits per heavy atom. The minimum absolute atomic E-state index is 0.111. The van der Waals surface area contributed by atoms with Crippen LogP contribution in [0.5, 0.6) is 0 Å². The topological polar surface area (TPSA) is 94.9 Å². The van der Waals surface area contributed by atoms with E-state index in [0.717, 1.165) is 31.1 Å². The van der Waals surface area contributed by atoms with Crippen LogP contribution in [0.1, 0.15) is 73.7 Å². The summed E-state index contributed by atoms with van der Waals surface area (Å²) in [6.45, 7) is 5.32. The average Bonchev–Trinajstić information content (AvgIpc) is 3.52. The van der Waals surface area contributed by atoms with Crippen molar-refractivity contribution in [1.29, 1.82) is 0 Å². The Balaban J connectivity index is 0.000000300. The number of nitrogens with zero attached hydrogens (tertiary/aromatic N) is 1. The van der Waals surface area contributed by atoms with Gasteiger partial charge in [0.15, 0.2) is 5.78 Å². The third-order valence-corrected chi connectivity index (χ3v) is 5.23. The third kappa shape index (κ3) is 7.80. The summed E-state index contributed by atoms with van der Waals surface area (Å²) >= 11 is 0. The van der Waals surface area contributed by atoms with Crippen LogP contribution < -0.4 is 0 Å². The number of carboxylic acids is 2. The molecule has 154 valence electrons. The van der Waals surface area contributed by atoms with E-state index in [9.17, 15) is 14.4 Å². The molecule has 6 nitrogen and oxygen atoms in total. The lowest BCUT2D eigenvalue weighted by molar-refractivity contribution is -0.143. The molecule has 0 aromatic heterocycles. The molecular weight excluding hydrogens is 358 g/mol. The van der Waals surface area contributed by atoms with Crippen LogP contribution in [0.25, 0.3) is 0 Å². The monoisotopic (exact) mass is 389 g/mol. The predicted octanol–water partition coefficient (Wildman–Crippen LogP) is 3.80. The Bertz CT molecular complexity index is 646. The van der Waals surface area contributed by atoms with Crippen LogP contribution in [-0.2, 0) is 9.59 Å². The number of Topliss-reactive ketones (excluding diaryl/α,β-unsaturated/α-hetero) is 1. The van der Waals surface area contributed by atoms with Gasteiger partial charge >= 0.3 is 11.9 Å². The molecule has 1 aromatic carbocycles. The molecule has 1 unspecified atom stereocenters. The fourth-order valence-corrected chi connectivity index (χ4v) is 3.45. The lowest BCUT2D eigenvalue weighted by Gasteiger charge is -2.28. The van der Waals surface area contributed by atoms with Crippen LogP contribution in [0.3, 0.4) is 0 Å². The zero-order valence-electron chi connectivity index (χ0n) is 16.6. The van der Waals surface area contributed by atoms with Gasteiger partial charge in [-0.3, -0.25) is 14.4 Å². The van der Waals surface area contributed by atoms with Crippen LogP contribution in [0.2, 0.25) is 0 Å². The highest BCUT2D eigenvalue weighted by molar-refractivity contribution is 5.97. The van der Waals surface area contributed by atoms with Gasteiger partial charge in [0.25, 0.3) is 0 Å². The fraction of sp³-hybridized carbons (Fsp3) is 0.591. The number of aliphatic carboxylic acids is 2. The van der Waals surface area contributed by atoms with E-state index < -0.39 is 11.9 Å². The number of hydrogen-bond acceptors (Lipinski definition) is 4. The van der Waals surface area contributed by atoms with Crippen LogP contribution in [0.4, 0.5) is 0 Å². The largest absolute Gasteiger partial charge is 0.481 e. The summed E-state index contributed by atoms with van der Waals surface area (Å²) in [5, 5.41) is 15.8. The highest BCUT2D eigenvalue weighted by Crippen LogP contribution is 2.39. The smallest absolute Gasteiger partial charge is 0.303 e.